The van der Waals surface area contributed by atoms with Crippen molar-refractivity contribution in [3.8, 4) is 0 Å². The third-order valence-corrected chi connectivity index (χ3v) is 5.27. The summed E-state index contributed by atoms with van der Waals surface area (Å²) in [7, 11) is 0. The van der Waals surface area contributed by atoms with Gasteiger partial charge in [0.05, 0.1) is 12.5 Å². The third kappa shape index (κ3) is 13.8. The fraction of sp³-hybridized carbons (Fsp3) is 0.952. The molecule has 0 amide bonds. The van der Waals surface area contributed by atoms with Crippen molar-refractivity contribution in [1.29, 1.82) is 0 Å². The van der Waals surface area contributed by atoms with Crippen LogP contribution >= 0.6 is 0 Å². The van der Waals surface area contributed by atoms with Gasteiger partial charge in [0.1, 0.15) is 0 Å². The number of rotatable bonds is 15. The van der Waals surface area contributed by atoms with Crippen molar-refractivity contribution >= 4 is 5.97 Å². The van der Waals surface area contributed by atoms with Crippen LogP contribution in [0.1, 0.15) is 98.8 Å². The molecule has 0 radical (unpaired) electrons. The molecule has 0 aliphatic carbocycles. The SMILES string of the molecule is CC(C)CCC[C@H](C)CCC[C@@H](C)CCC[C@@H](C)[C@H](O)CC(=O)O. The largest absolute Gasteiger partial charge is 0.481 e. The lowest BCUT2D eigenvalue weighted by atomic mass is 9.90. The minimum atomic E-state index is -0.912. The number of hydrogen-bond donors (Lipinski definition) is 2. The van der Waals surface area contributed by atoms with E-state index in [0.29, 0.717) is 0 Å². The van der Waals surface area contributed by atoms with Crippen molar-refractivity contribution in [2.24, 2.45) is 23.7 Å². The summed E-state index contributed by atoms with van der Waals surface area (Å²) in [6.45, 7) is 11.3. The Morgan fingerprint density at radius 3 is 1.58 bits per heavy atom. The van der Waals surface area contributed by atoms with Gasteiger partial charge in [0.25, 0.3) is 0 Å². The van der Waals surface area contributed by atoms with Gasteiger partial charge in [0.2, 0.25) is 0 Å². The molecule has 0 spiro atoms. The van der Waals surface area contributed by atoms with E-state index in [1.54, 1.807) is 0 Å². The predicted molar refractivity (Wildman–Crippen MR) is 102 cm³/mol. The normalized spacial score (nSPS) is 16.8. The van der Waals surface area contributed by atoms with Crippen LogP contribution in [0.15, 0.2) is 0 Å². The van der Waals surface area contributed by atoms with E-state index >= 15 is 0 Å². The number of aliphatic hydroxyl groups excluding tert-OH is 1. The van der Waals surface area contributed by atoms with E-state index in [2.05, 4.69) is 27.7 Å². The molecule has 2 N–H and O–H groups in total. The first-order chi connectivity index (χ1) is 11.2. The second-order valence-corrected chi connectivity index (χ2v) is 8.54. The molecule has 0 saturated carbocycles. The van der Waals surface area contributed by atoms with E-state index in [1.165, 1.54) is 44.9 Å². The molecule has 0 bridgehead atoms. The summed E-state index contributed by atoms with van der Waals surface area (Å²) in [5.41, 5.74) is 0. The van der Waals surface area contributed by atoms with Gasteiger partial charge < -0.3 is 10.2 Å². The minimum Gasteiger partial charge on any atom is -0.481 e. The first-order valence-electron chi connectivity index (χ1n) is 10.1. The van der Waals surface area contributed by atoms with Gasteiger partial charge in [-0.15, -0.1) is 0 Å². The molecule has 0 aliphatic heterocycles. The number of hydrogen-bond acceptors (Lipinski definition) is 2. The summed E-state index contributed by atoms with van der Waals surface area (Å²) >= 11 is 0. The van der Waals surface area contributed by atoms with Crippen molar-refractivity contribution in [2.75, 3.05) is 0 Å². The number of aliphatic hydroxyl groups is 1. The summed E-state index contributed by atoms with van der Waals surface area (Å²) in [6, 6.07) is 0. The molecule has 0 aromatic rings. The molecule has 0 heterocycles. The number of carbonyl (C=O) groups is 1. The topological polar surface area (TPSA) is 57.5 Å². The van der Waals surface area contributed by atoms with Crippen molar-refractivity contribution in [2.45, 2.75) is 105 Å². The average molecular weight is 343 g/mol. The van der Waals surface area contributed by atoms with Gasteiger partial charge in [-0.2, -0.15) is 0 Å². The van der Waals surface area contributed by atoms with E-state index in [1.807, 2.05) is 6.92 Å². The van der Waals surface area contributed by atoms with Crippen LogP contribution in [0.3, 0.4) is 0 Å². The van der Waals surface area contributed by atoms with E-state index in [4.69, 9.17) is 5.11 Å². The Morgan fingerprint density at radius 1 is 0.750 bits per heavy atom. The van der Waals surface area contributed by atoms with Crippen LogP contribution in [0.4, 0.5) is 0 Å². The molecule has 0 aliphatic rings. The van der Waals surface area contributed by atoms with Gasteiger partial charge in [0, 0.05) is 0 Å². The van der Waals surface area contributed by atoms with Crippen LogP contribution in [0.5, 0.6) is 0 Å². The summed E-state index contributed by atoms with van der Waals surface area (Å²) < 4.78 is 0. The molecule has 0 fully saturated rings. The summed E-state index contributed by atoms with van der Waals surface area (Å²) in [5, 5.41) is 18.5. The van der Waals surface area contributed by atoms with Crippen LogP contribution in [0.25, 0.3) is 0 Å². The second kappa shape index (κ2) is 13.7. The molecular formula is C21H42O3. The molecule has 24 heavy (non-hydrogen) atoms. The highest BCUT2D eigenvalue weighted by molar-refractivity contribution is 5.67. The van der Waals surface area contributed by atoms with Gasteiger partial charge >= 0.3 is 5.97 Å². The van der Waals surface area contributed by atoms with Gasteiger partial charge in [-0.3, -0.25) is 4.79 Å². The monoisotopic (exact) mass is 342 g/mol. The quantitative estimate of drug-likeness (QED) is 0.390. The Labute approximate surface area is 150 Å². The van der Waals surface area contributed by atoms with Crippen molar-refractivity contribution in [1.82, 2.24) is 0 Å². The Morgan fingerprint density at radius 2 is 1.17 bits per heavy atom. The molecular weight excluding hydrogens is 300 g/mol. The zero-order valence-corrected chi connectivity index (χ0v) is 16.8. The number of carboxylic acids is 1. The summed E-state index contributed by atoms with van der Waals surface area (Å²) in [6.07, 6.45) is 10.4. The van der Waals surface area contributed by atoms with E-state index in [-0.39, 0.29) is 12.3 Å². The Balaban J connectivity index is 3.65. The Bertz CT molecular complexity index is 314. The van der Waals surface area contributed by atoms with Crippen molar-refractivity contribution in [3.05, 3.63) is 0 Å². The molecule has 0 unspecified atom stereocenters. The standard InChI is InChI=1S/C21H42O3/c1-16(2)9-6-10-17(3)11-7-12-18(4)13-8-14-19(5)20(22)15-21(23)24/h16-20,22H,6-15H2,1-5H3,(H,23,24)/t17-,18+,19+,20+/m0/s1. The maximum absolute atomic E-state index is 10.6. The highest BCUT2D eigenvalue weighted by Crippen LogP contribution is 2.23. The van der Waals surface area contributed by atoms with Gasteiger partial charge in [-0.25, -0.2) is 0 Å². The molecule has 3 nitrogen and oxygen atoms in total. The molecule has 4 atom stereocenters. The van der Waals surface area contributed by atoms with Gasteiger partial charge in [-0.1, -0.05) is 86.0 Å². The number of aliphatic carboxylic acids is 1. The van der Waals surface area contributed by atoms with Gasteiger partial charge in [-0.05, 0) is 30.1 Å². The lowest BCUT2D eigenvalue weighted by Gasteiger charge is -2.18. The summed E-state index contributed by atoms with van der Waals surface area (Å²) in [5.74, 6) is 1.58. The highest BCUT2D eigenvalue weighted by Gasteiger charge is 2.17. The lowest BCUT2D eigenvalue weighted by Crippen LogP contribution is -2.21. The van der Waals surface area contributed by atoms with Crippen LogP contribution in [-0.4, -0.2) is 22.3 Å². The second-order valence-electron chi connectivity index (χ2n) is 8.54. The predicted octanol–water partition coefficient (Wildman–Crippen LogP) is 5.90. The maximum atomic E-state index is 10.6. The van der Waals surface area contributed by atoms with Crippen LogP contribution in [0.2, 0.25) is 0 Å². The molecule has 0 saturated heterocycles. The van der Waals surface area contributed by atoms with Gasteiger partial charge in [0.15, 0.2) is 0 Å². The third-order valence-electron chi connectivity index (χ3n) is 5.27. The van der Waals surface area contributed by atoms with E-state index < -0.39 is 12.1 Å². The summed E-state index contributed by atoms with van der Waals surface area (Å²) in [4.78, 5) is 10.6. The zero-order valence-electron chi connectivity index (χ0n) is 16.8. The van der Waals surface area contributed by atoms with Crippen molar-refractivity contribution in [3.63, 3.8) is 0 Å². The molecule has 0 aromatic carbocycles. The minimum absolute atomic E-state index is 0.0780. The first kappa shape index (κ1) is 23.4. The molecule has 0 rings (SSSR count). The van der Waals surface area contributed by atoms with Crippen LogP contribution in [-0.2, 0) is 4.79 Å². The first-order valence-corrected chi connectivity index (χ1v) is 10.1. The fourth-order valence-corrected chi connectivity index (χ4v) is 3.34. The maximum Gasteiger partial charge on any atom is 0.305 e. The number of carboxylic acid groups (broad SMARTS) is 1. The Hall–Kier alpha value is -0.570. The average Bonchev–Trinajstić information content (AvgIpc) is 2.45. The van der Waals surface area contributed by atoms with Crippen LogP contribution < -0.4 is 0 Å². The van der Waals surface area contributed by atoms with E-state index in [0.717, 1.165) is 30.6 Å². The fourth-order valence-electron chi connectivity index (χ4n) is 3.34. The van der Waals surface area contributed by atoms with Crippen molar-refractivity contribution < 1.29 is 15.0 Å². The van der Waals surface area contributed by atoms with Crippen LogP contribution in [0, 0.1) is 23.7 Å². The molecule has 0 aromatic heterocycles. The highest BCUT2D eigenvalue weighted by atomic mass is 16.4. The zero-order chi connectivity index (χ0) is 18.5. The molecule has 144 valence electrons. The smallest absolute Gasteiger partial charge is 0.305 e. The lowest BCUT2D eigenvalue weighted by molar-refractivity contribution is -0.139. The van der Waals surface area contributed by atoms with E-state index in [9.17, 15) is 9.90 Å². The molecule has 3 heteroatoms. The Kier molecular flexibility index (Phi) is 13.4.